The number of rotatable bonds is 4. The fourth-order valence-corrected chi connectivity index (χ4v) is 2.88. The summed E-state index contributed by atoms with van der Waals surface area (Å²) in [5.74, 6) is 0.459. The number of amides is 1. The summed E-state index contributed by atoms with van der Waals surface area (Å²) < 4.78 is 0. The molecule has 0 aromatic carbocycles. The lowest BCUT2D eigenvalue weighted by Crippen LogP contribution is -2.38. The van der Waals surface area contributed by atoms with Crippen LogP contribution in [0.5, 0.6) is 0 Å². The van der Waals surface area contributed by atoms with E-state index < -0.39 is 6.04 Å². The summed E-state index contributed by atoms with van der Waals surface area (Å²) in [6.45, 7) is 1.98. The average Bonchev–Trinajstić information content (AvgIpc) is 2.82. The van der Waals surface area contributed by atoms with Gasteiger partial charge in [-0.05, 0) is 19.3 Å². The third-order valence-electron chi connectivity index (χ3n) is 4.02. The summed E-state index contributed by atoms with van der Waals surface area (Å²) in [4.78, 5) is 12.3. The highest BCUT2D eigenvalue weighted by Gasteiger charge is 2.31. The Morgan fingerprint density at radius 2 is 2.22 bits per heavy atom. The number of nitrogens with one attached hydrogen (secondary N) is 1. The fourth-order valence-electron chi connectivity index (χ4n) is 2.88. The molecule has 1 aliphatic carbocycles. The number of hydrazone groups is 1. The second kappa shape index (κ2) is 6.07. The van der Waals surface area contributed by atoms with Crippen molar-refractivity contribution >= 4 is 12.1 Å². The highest BCUT2D eigenvalue weighted by molar-refractivity contribution is 5.84. The van der Waals surface area contributed by atoms with Crippen LogP contribution in [0.1, 0.15) is 51.9 Å². The molecule has 5 nitrogen and oxygen atoms in total. The summed E-state index contributed by atoms with van der Waals surface area (Å²) in [5, 5.41) is 9.15. The molecule has 1 heterocycles. The molecule has 0 aromatic heterocycles. The van der Waals surface area contributed by atoms with Crippen LogP contribution < -0.4 is 0 Å². The number of carbonyl (C=O) groups excluding carboxylic acids is 1. The van der Waals surface area contributed by atoms with E-state index in [2.05, 4.69) is 10.2 Å². The van der Waals surface area contributed by atoms with Crippen LogP contribution in [0.15, 0.2) is 10.2 Å². The molecule has 1 saturated carbocycles. The molecule has 0 aromatic rings. The van der Waals surface area contributed by atoms with Gasteiger partial charge >= 0.3 is 0 Å². The van der Waals surface area contributed by atoms with Gasteiger partial charge in [0.2, 0.25) is 0 Å². The molecule has 1 amide bonds. The third kappa shape index (κ3) is 2.94. The topological polar surface area (TPSA) is 68.9 Å². The minimum Gasteiger partial charge on any atom is -0.270 e. The Hall–Kier alpha value is -1.26. The van der Waals surface area contributed by atoms with Crippen LogP contribution in [-0.2, 0) is 4.79 Å². The molecule has 2 unspecified atom stereocenters. The lowest BCUT2D eigenvalue weighted by molar-refractivity contribution is -0.134. The lowest BCUT2D eigenvalue weighted by atomic mass is 9.85. The van der Waals surface area contributed by atoms with Gasteiger partial charge in [0, 0.05) is 12.6 Å². The van der Waals surface area contributed by atoms with Crippen LogP contribution in [-0.4, -0.2) is 29.2 Å². The molecule has 0 bridgehead atoms. The summed E-state index contributed by atoms with van der Waals surface area (Å²) in [7, 11) is 0. The van der Waals surface area contributed by atoms with Gasteiger partial charge in [0.15, 0.2) is 6.04 Å². The van der Waals surface area contributed by atoms with E-state index in [1.165, 1.54) is 37.1 Å². The minimum atomic E-state index is -0.522. The monoisotopic (exact) mass is 250 g/mol. The maximum Gasteiger partial charge on any atom is 0.269 e. The largest absolute Gasteiger partial charge is 0.270 e. The first-order valence-electron chi connectivity index (χ1n) is 6.94. The highest BCUT2D eigenvalue weighted by atomic mass is 16.2. The second-order valence-corrected chi connectivity index (χ2v) is 5.45. The zero-order valence-electron chi connectivity index (χ0n) is 11.0. The van der Waals surface area contributed by atoms with E-state index in [0.29, 0.717) is 5.92 Å². The summed E-state index contributed by atoms with van der Waals surface area (Å²) >= 11 is 0. The number of nitrogens with zero attached hydrogens (tertiary/aromatic N) is 3. The van der Waals surface area contributed by atoms with Crippen molar-refractivity contribution in [1.29, 1.82) is 5.53 Å². The van der Waals surface area contributed by atoms with Gasteiger partial charge in [-0.15, -0.1) is 0 Å². The van der Waals surface area contributed by atoms with Crippen molar-refractivity contribution in [2.75, 3.05) is 0 Å². The predicted octanol–water partition coefficient (Wildman–Crippen LogP) is 2.96. The molecule has 1 aliphatic heterocycles. The van der Waals surface area contributed by atoms with Gasteiger partial charge < -0.3 is 0 Å². The van der Waals surface area contributed by atoms with Crippen LogP contribution in [0.2, 0.25) is 0 Å². The van der Waals surface area contributed by atoms with E-state index in [-0.39, 0.29) is 11.9 Å². The molecule has 0 saturated heterocycles. The summed E-state index contributed by atoms with van der Waals surface area (Å²) in [5.41, 5.74) is 7.26. The van der Waals surface area contributed by atoms with E-state index in [1.807, 2.05) is 6.92 Å². The normalized spacial score (nSPS) is 26.3. The van der Waals surface area contributed by atoms with E-state index in [4.69, 9.17) is 5.53 Å². The van der Waals surface area contributed by atoms with Gasteiger partial charge in [-0.25, -0.2) is 10.5 Å². The quantitative estimate of drug-likeness (QED) is 0.766. The Balaban J connectivity index is 1.92. The summed E-state index contributed by atoms with van der Waals surface area (Å²) in [6, 6.07) is -0.404. The fraction of sp³-hybridized carbons (Fsp3) is 0.846. The van der Waals surface area contributed by atoms with Gasteiger partial charge in [0.1, 0.15) is 0 Å². The molecule has 1 fully saturated rings. The van der Waals surface area contributed by atoms with Crippen molar-refractivity contribution < 1.29 is 4.79 Å². The van der Waals surface area contributed by atoms with Gasteiger partial charge in [-0.1, -0.05) is 32.1 Å². The highest BCUT2D eigenvalue weighted by Crippen LogP contribution is 2.29. The van der Waals surface area contributed by atoms with Crippen LogP contribution in [0.3, 0.4) is 0 Å². The van der Waals surface area contributed by atoms with E-state index >= 15 is 0 Å². The Bertz CT molecular complexity index is 336. The van der Waals surface area contributed by atoms with E-state index in [1.54, 1.807) is 6.21 Å². The Labute approximate surface area is 108 Å². The smallest absolute Gasteiger partial charge is 0.269 e. The maximum atomic E-state index is 12.3. The molecule has 18 heavy (non-hydrogen) atoms. The Morgan fingerprint density at radius 1 is 1.50 bits per heavy atom. The van der Waals surface area contributed by atoms with Gasteiger partial charge in [-0.3, -0.25) is 4.79 Å². The van der Waals surface area contributed by atoms with Crippen molar-refractivity contribution in [3.63, 3.8) is 0 Å². The maximum absolute atomic E-state index is 12.3. The summed E-state index contributed by atoms with van der Waals surface area (Å²) in [6.07, 6.45) is 9.46. The molecule has 0 radical (unpaired) electrons. The van der Waals surface area contributed by atoms with Crippen LogP contribution >= 0.6 is 0 Å². The molecule has 5 heteroatoms. The van der Waals surface area contributed by atoms with Crippen molar-refractivity contribution in [2.45, 2.75) is 64.0 Å². The van der Waals surface area contributed by atoms with Gasteiger partial charge in [-0.2, -0.15) is 10.2 Å². The zero-order valence-corrected chi connectivity index (χ0v) is 11.0. The van der Waals surface area contributed by atoms with E-state index in [9.17, 15) is 4.79 Å². The lowest BCUT2D eigenvalue weighted by Gasteiger charge is -2.26. The predicted molar refractivity (Wildman–Crippen MR) is 69.5 cm³/mol. The first kappa shape index (κ1) is 13.2. The third-order valence-corrected chi connectivity index (χ3v) is 4.02. The van der Waals surface area contributed by atoms with E-state index in [0.717, 1.165) is 12.8 Å². The van der Waals surface area contributed by atoms with Crippen molar-refractivity contribution in [1.82, 2.24) is 5.01 Å². The molecule has 0 spiro atoms. The Morgan fingerprint density at radius 3 is 2.78 bits per heavy atom. The molecular weight excluding hydrogens is 228 g/mol. The van der Waals surface area contributed by atoms with Crippen LogP contribution in [0, 0.1) is 11.4 Å². The first-order valence-corrected chi connectivity index (χ1v) is 6.94. The van der Waals surface area contributed by atoms with Crippen molar-refractivity contribution in [2.24, 2.45) is 16.1 Å². The number of hydrogen-bond acceptors (Lipinski definition) is 4. The first-order chi connectivity index (χ1) is 8.72. The van der Waals surface area contributed by atoms with Crippen molar-refractivity contribution in [3.8, 4) is 0 Å². The zero-order chi connectivity index (χ0) is 13.0. The SMILES string of the molecule is CC1CC=NN1C(=O)C(CC1CCCCC1)N=N. The van der Waals surface area contributed by atoms with Gasteiger partial charge in [0.05, 0.1) is 6.04 Å². The standard InChI is InChI=1S/C13H22N4O/c1-10-7-8-15-17(10)13(18)12(16-14)9-11-5-3-2-4-6-11/h8,10-12,14H,2-7,9H2,1H3. The molecule has 1 N–H and O–H groups in total. The number of hydrogen-bond donors (Lipinski definition) is 1. The molecule has 2 atom stereocenters. The Kier molecular flexibility index (Phi) is 4.44. The number of carbonyl (C=O) groups is 1. The van der Waals surface area contributed by atoms with Crippen molar-refractivity contribution in [3.05, 3.63) is 0 Å². The second-order valence-electron chi connectivity index (χ2n) is 5.45. The van der Waals surface area contributed by atoms with Crippen LogP contribution in [0.25, 0.3) is 0 Å². The average molecular weight is 250 g/mol. The molecule has 100 valence electrons. The molecular formula is C13H22N4O. The van der Waals surface area contributed by atoms with Gasteiger partial charge in [0.25, 0.3) is 5.91 Å². The van der Waals surface area contributed by atoms with Crippen LogP contribution in [0.4, 0.5) is 0 Å². The molecule has 2 rings (SSSR count). The molecule has 2 aliphatic rings. The minimum absolute atomic E-state index is 0.100.